The molecular weight excluding hydrogens is 360 g/mol. The summed E-state index contributed by atoms with van der Waals surface area (Å²) in [5.74, 6) is 0.286. The molecule has 3 rings (SSSR count). The molecule has 0 saturated carbocycles. The molecule has 0 aliphatic rings. The number of hydrogen-bond acceptors (Lipinski definition) is 6. The number of furan rings is 1. The largest absolute Gasteiger partial charge is 0.486 e. The molecule has 0 amide bonds. The van der Waals surface area contributed by atoms with Crippen molar-refractivity contribution in [2.24, 2.45) is 10.9 Å². The Bertz CT molecular complexity index is 991. The number of benzene rings is 2. The average Bonchev–Trinajstić information content (AvgIpc) is 3.20. The topological polar surface area (TPSA) is 104 Å². The van der Waals surface area contributed by atoms with Crippen LogP contribution in [0.2, 0.25) is 0 Å². The molecule has 28 heavy (non-hydrogen) atoms. The number of carbonyl (C=O) groups excluding carboxylic acids is 2. The van der Waals surface area contributed by atoms with E-state index in [4.69, 9.17) is 19.7 Å². The van der Waals surface area contributed by atoms with E-state index in [9.17, 15) is 9.59 Å². The number of rotatable bonds is 7. The minimum Gasteiger partial charge on any atom is -0.486 e. The van der Waals surface area contributed by atoms with Crippen LogP contribution in [0.15, 0.2) is 76.3 Å². The lowest BCUT2D eigenvalue weighted by Crippen LogP contribution is -2.15. The molecule has 0 spiro atoms. The van der Waals surface area contributed by atoms with Crippen LogP contribution >= 0.6 is 0 Å². The van der Waals surface area contributed by atoms with Crippen molar-refractivity contribution < 1.29 is 23.6 Å². The fourth-order valence-corrected chi connectivity index (χ4v) is 2.30. The number of oxime groups is 1. The zero-order chi connectivity index (χ0) is 19.9. The quantitative estimate of drug-likeness (QED) is 0.222. The van der Waals surface area contributed by atoms with E-state index in [1.54, 1.807) is 54.6 Å². The van der Waals surface area contributed by atoms with Gasteiger partial charge in [-0.2, -0.15) is 0 Å². The smallest absolute Gasteiger partial charge is 0.400 e. The molecule has 7 nitrogen and oxygen atoms in total. The fourth-order valence-electron chi connectivity index (χ4n) is 2.30. The summed E-state index contributed by atoms with van der Waals surface area (Å²) in [4.78, 5) is 28.1. The Balaban J connectivity index is 1.56. The summed E-state index contributed by atoms with van der Waals surface area (Å²) in [5.41, 5.74) is 7.01. The van der Waals surface area contributed by atoms with Crippen LogP contribution in [0.1, 0.15) is 39.2 Å². The first-order valence-electron chi connectivity index (χ1n) is 8.45. The van der Waals surface area contributed by atoms with Crippen molar-refractivity contribution >= 4 is 17.6 Å². The van der Waals surface area contributed by atoms with E-state index in [2.05, 4.69) is 5.16 Å². The molecule has 1 heterocycles. The van der Waals surface area contributed by atoms with Crippen LogP contribution in [-0.2, 0) is 11.4 Å². The van der Waals surface area contributed by atoms with Crippen molar-refractivity contribution in [3.63, 3.8) is 0 Å². The van der Waals surface area contributed by atoms with E-state index in [0.29, 0.717) is 22.6 Å². The Kier molecular flexibility index (Phi) is 5.86. The van der Waals surface area contributed by atoms with Gasteiger partial charge in [0.1, 0.15) is 18.1 Å². The van der Waals surface area contributed by atoms with E-state index >= 15 is 0 Å². The van der Waals surface area contributed by atoms with Gasteiger partial charge < -0.3 is 19.7 Å². The molecule has 7 heteroatoms. The highest BCUT2D eigenvalue weighted by atomic mass is 16.7. The van der Waals surface area contributed by atoms with Gasteiger partial charge in [-0.25, -0.2) is 4.79 Å². The van der Waals surface area contributed by atoms with Crippen molar-refractivity contribution in [1.82, 2.24) is 0 Å². The van der Waals surface area contributed by atoms with Gasteiger partial charge in [-0.05, 0) is 43.3 Å². The number of nitrogens with zero attached hydrogens (tertiary/aromatic N) is 1. The van der Waals surface area contributed by atoms with Gasteiger partial charge in [-0.3, -0.25) is 4.79 Å². The predicted octanol–water partition coefficient (Wildman–Crippen LogP) is 3.54. The number of nitrogens with two attached hydrogens (primary N) is 1. The molecule has 0 bridgehead atoms. The number of amidine groups is 1. The van der Waals surface area contributed by atoms with Gasteiger partial charge in [0.15, 0.2) is 11.6 Å². The van der Waals surface area contributed by atoms with Crippen molar-refractivity contribution in [3.8, 4) is 5.75 Å². The molecule has 0 radical (unpaired) electrons. The van der Waals surface area contributed by atoms with Crippen molar-refractivity contribution in [3.05, 3.63) is 89.4 Å². The van der Waals surface area contributed by atoms with E-state index < -0.39 is 5.97 Å². The number of ether oxygens (including phenoxy) is 1. The standard InChI is InChI=1S/C21H18N2O5/c1-14(24)15-7-9-17(10-8-15)26-13-18-11-12-19(27-18)21(25)28-23-20(22)16-5-3-2-4-6-16/h2-12H,13H2,1H3,(H2,22,23). The normalized spacial score (nSPS) is 11.1. The molecule has 0 fully saturated rings. The zero-order valence-electron chi connectivity index (χ0n) is 15.1. The van der Waals surface area contributed by atoms with Crippen molar-refractivity contribution in [1.29, 1.82) is 0 Å². The number of carbonyl (C=O) groups is 2. The number of ketones is 1. The highest BCUT2D eigenvalue weighted by Crippen LogP contribution is 2.16. The highest BCUT2D eigenvalue weighted by molar-refractivity contribution is 5.97. The van der Waals surface area contributed by atoms with Gasteiger partial charge in [0, 0.05) is 11.1 Å². The first kappa shape index (κ1) is 18.9. The van der Waals surface area contributed by atoms with Crippen LogP contribution < -0.4 is 10.5 Å². The maximum atomic E-state index is 12.0. The van der Waals surface area contributed by atoms with E-state index in [0.717, 1.165) is 0 Å². The first-order chi connectivity index (χ1) is 13.5. The van der Waals surface area contributed by atoms with Crippen molar-refractivity contribution in [2.45, 2.75) is 13.5 Å². The van der Waals surface area contributed by atoms with E-state index in [1.165, 1.54) is 13.0 Å². The molecule has 0 atom stereocenters. The lowest BCUT2D eigenvalue weighted by atomic mass is 10.1. The Morgan fingerprint density at radius 1 is 0.964 bits per heavy atom. The lowest BCUT2D eigenvalue weighted by Gasteiger charge is -2.04. The van der Waals surface area contributed by atoms with Gasteiger partial charge in [-0.15, -0.1) is 0 Å². The number of Topliss-reactive ketones (excluding diaryl/α,β-unsaturated/α-hetero) is 1. The molecule has 0 aliphatic carbocycles. The van der Waals surface area contributed by atoms with Crippen LogP contribution in [0.5, 0.6) is 5.75 Å². The fraction of sp³-hybridized carbons (Fsp3) is 0.0952. The molecule has 142 valence electrons. The summed E-state index contributed by atoms with van der Waals surface area (Å²) < 4.78 is 11.0. The molecule has 0 unspecified atom stereocenters. The Morgan fingerprint density at radius 3 is 2.36 bits per heavy atom. The van der Waals surface area contributed by atoms with Crippen molar-refractivity contribution in [2.75, 3.05) is 0 Å². The number of hydrogen-bond donors (Lipinski definition) is 1. The Labute approximate surface area is 161 Å². The average molecular weight is 378 g/mol. The molecular formula is C21H18N2O5. The van der Waals surface area contributed by atoms with E-state index in [-0.39, 0.29) is 24.0 Å². The minimum absolute atomic E-state index is 0.0173. The summed E-state index contributed by atoms with van der Waals surface area (Å²) in [6.45, 7) is 1.61. The molecule has 3 aromatic rings. The summed E-state index contributed by atoms with van der Waals surface area (Å²) in [6, 6.07) is 18.7. The van der Waals surface area contributed by atoms with Gasteiger partial charge in [0.2, 0.25) is 5.76 Å². The third-order valence-electron chi connectivity index (χ3n) is 3.80. The summed E-state index contributed by atoms with van der Waals surface area (Å²) in [7, 11) is 0. The zero-order valence-corrected chi connectivity index (χ0v) is 15.1. The molecule has 1 aromatic heterocycles. The lowest BCUT2D eigenvalue weighted by molar-refractivity contribution is 0.0475. The van der Waals surface area contributed by atoms with Crippen LogP contribution in [0, 0.1) is 0 Å². The first-order valence-corrected chi connectivity index (χ1v) is 8.45. The molecule has 2 N–H and O–H groups in total. The summed E-state index contributed by atoms with van der Waals surface area (Å²) in [6.07, 6.45) is 0. The SMILES string of the molecule is CC(=O)c1ccc(OCc2ccc(C(=O)O/N=C(\N)c3ccccc3)o2)cc1. The van der Waals surface area contributed by atoms with Crippen LogP contribution in [0.3, 0.4) is 0 Å². The van der Waals surface area contributed by atoms with Crippen LogP contribution in [-0.4, -0.2) is 17.6 Å². The summed E-state index contributed by atoms with van der Waals surface area (Å²) >= 11 is 0. The summed E-state index contributed by atoms with van der Waals surface area (Å²) in [5, 5.41) is 3.62. The van der Waals surface area contributed by atoms with Gasteiger partial charge >= 0.3 is 5.97 Å². The Morgan fingerprint density at radius 2 is 1.68 bits per heavy atom. The van der Waals surface area contributed by atoms with Crippen LogP contribution in [0.4, 0.5) is 0 Å². The van der Waals surface area contributed by atoms with Crippen LogP contribution in [0.25, 0.3) is 0 Å². The molecule has 0 saturated heterocycles. The second kappa shape index (κ2) is 8.68. The third-order valence-corrected chi connectivity index (χ3v) is 3.80. The second-order valence-corrected chi connectivity index (χ2v) is 5.86. The maximum absolute atomic E-state index is 12.0. The van der Waals surface area contributed by atoms with E-state index in [1.807, 2.05) is 6.07 Å². The van der Waals surface area contributed by atoms with Gasteiger partial charge in [0.05, 0.1) is 0 Å². The van der Waals surface area contributed by atoms with Gasteiger partial charge in [0.25, 0.3) is 0 Å². The maximum Gasteiger partial charge on any atom is 0.400 e. The Hall–Kier alpha value is -3.87. The highest BCUT2D eigenvalue weighted by Gasteiger charge is 2.14. The molecule has 0 aliphatic heterocycles. The minimum atomic E-state index is -0.768. The van der Waals surface area contributed by atoms with Gasteiger partial charge in [-0.1, -0.05) is 35.5 Å². The second-order valence-electron chi connectivity index (χ2n) is 5.86. The predicted molar refractivity (Wildman–Crippen MR) is 102 cm³/mol. The monoisotopic (exact) mass is 378 g/mol. The third kappa shape index (κ3) is 4.85. The molecule has 2 aromatic carbocycles.